The number of esters is 1. The van der Waals surface area contributed by atoms with Gasteiger partial charge < -0.3 is 29.4 Å². The van der Waals surface area contributed by atoms with Gasteiger partial charge in [-0.1, -0.05) is 60.6 Å². The predicted molar refractivity (Wildman–Crippen MR) is 172 cm³/mol. The van der Waals surface area contributed by atoms with Crippen LogP contribution in [0.1, 0.15) is 52.8 Å². The first-order valence-corrected chi connectivity index (χ1v) is 15.8. The van der Waals surface area contributed by atoms with Crippen LogP contribution in [0.2, 0.25) is 0 Å². The van der Waals surface area contributed by atoms with Gasteiger partial charge in [0.2, 0.25) is 11.8 Å². The van der Waals surface area contributed by atoms with Gasteiger partial charge in [0, 0.05) is 28.6 Å². The largest absolute Gasteiger partial charge is 0.506 e. The molecule has 3 aromatic carbocycles. The number of carbonyl (C=O) groups excluding carboxylic acids is 2. The lowest BCUT2D eigenvalue weighted by Gasteiger charge is -2.16. The number of rotatable bonds is 14. The predicted octanol–water partition coefficient (Wildman–Crippen LogP) is 5.52. The average molecular weight is 660 g/mol. The summed E-state index contributed by atoms with van der Waals surface area (Å²) in [5.74, 6) is -1.35. The Morgan fingerprint density at radius 3 is 2.51 bits per heavy atom. The van der Waals surface area contributed by atoms with Crippen LogP contribution in [0.3, 0.4) is 0 Å². The van der Waals surface area contributed by atoms with Gasteiger partial charge in [-0.25, -0.2) is 4.68 Å². The number of nitrogens with one attached hydrogen (secondary N) is 1. The van der Waals surface area contributed by atoms with E-state index < -0.39 is 17.8 Å². The molecule has 244 valence electrons. The highest BCUT2D eigenvalue weighted by molar-refractivity contribution is 7.98. The van der Waals surface area contributed by atoms with Crippen molar-refractivity contribution in [3.05, 3.63) is 82.9 Å². The topological polar surface area (TPSA) is 179 Å². The fraction of sp³-hybridized carbons (Fsp3) is 0.273. The molecule has 47 heavy (non-hydrogen) atoms. The molecule has 1 amide bonds. The van der Waals surface area contributed by atoms with Gasteiger partial charge in [0.15, 0.2) is 0 Å². The number of nitrogens with zero attached hydrogens (tertiary/aromatic N) is 4. The summed E-state index contributed by atoms with van der Waals surface area (Å²) in [6.45, 7) is 5.92. The minimum absolute atomic E-state index is 0.0750. The average Bonchev–Trinajstić information content (AvgIpc) is 3.63. The van der Waals surface area contributed by atoms with E-state index in [4.69, 9.17) is 24.1 Å². The fourth-order valence-electron chi connectivity index (χ4n) is 4.63. The Labute approximate surface area is 273 Å². The molecular weight excluding hydrogens is 626 g/mol. The molecule has 0 radical (unpaired) electrons. The molecule has 0 fully saturated rings. The number of carboxylic acid groups (broad SMARTS) is 1. The smallest absolute Gasteiger partial charge is 0.315 e. The standard InChI is InChI=1S/C33H33N5O8S/c1-4-15-44-29(41)17-27-35-36-33(46-27)47-18-25-20(3)37-38(21-11-9-19(2)10-12-21)32(25)45-26-16-24(31(43)34-14-13-28(39)40)30(42)23-8-6-5-7-22(23)26/h5-12,16,42H,4,13-15,17-18H2,1-3H3,(H,34,43)(H,39,40). The highest BCUT2D eigenvalue weighted by Gasteiger charge is 2.24. The van der Waals surface area contributed by atoms with Crippen LogP contribution in [-0.4, -0.2) is 61.2 Å². The number of thioether (sulfide) groups is 1. The molecule has 0 saturated carbocycles. The minimum Gasteiger partial charge on any atom is -0.506 e. The number of phenols is 1. The third-order valence-corrected chi connectivity index (χ3v) is 7.87. The molecule has 13 nitrogen and oxygen atoms in total. The zero-order valence-corrected chi connectivity index (χ0v) is 26.8. The van der Waals surface area contributed by atoms with E-state index in [1.54, 1.807) is 28.9 Å². The Kier molecular flexibility index (Phi) is 10.4. The lowest BCUT2D eigenvalue weighted by molar-refractivity contribution is -0.143. The number of aromatic nitrogens is 4. The Balaban J connectivity index is 1.51. The number of carboxylic acids is 1. The van der Waals surface area contributed by atoms with E-state index in [1.165, 1.54) is 17.8 Å². The summed E-state index contributed by atoms with van der Waals surface area (Å²) < 4.78 is 19.0. The van der Waals surface area contributed by atoms with E-state index in [9.17, 15) is 19.5 Å². The normalized spacial score (nSPS) is 11.0. The fourth-order valence-corrected chi connectivity index (χ4v) is 5.48. The minimum atomic E-state index is -1.06. The summed E-state index contributed by atoms with van der Waals surface area (Å²) in [4.78, 5) is 36.0. The third-order valence-electron chi connectivity index (χ3n) is 7.02. The van der Waals surface area contributed by atoms with Crippen molar-refractivity contribution in [2.45, 2.75) is 51.0 Å². The molecule has 0 aliphatic rings. The number of ether oxygens (including phenoxy) is 2. The summed E-state index contributed by atoms with van der Waals surface area (Å²) in [7, 11) is 0. The number of fused-ring (bicyclic) bond motifs is 1. The molecule has 3 N–H and O–H groups in total. The molecule has 0 aliphatic heterocycles. The zero-order chi connectivity index (χ0) is 33.5. The summed E-state index contributed by atoms with van der Waals surface area (Å²) in [6.07, 6.45) is 0.300. The maximum Gasteiger partial charge on any atom is 0.315 e. The molecule has 0 spiro atoms. The van der Waals surface area contributed by atoms with Gasteiger partial charge in [0.1, 0.15) is 17.9 Å². The first kappa shape index (κ1) is 33.0. The number of hydrogen-bond donors (Lipinski definition) is 3. The van der Waals surface area contributed by atoms with Gasteiger partial charge in [-0.15, -0.1) is 10.2 Å². The Morgan fingerprint density at radius 1 is 1.04 bits per heavy atom. The van der Waals surface area contributed by atoms with Crippen molar-refractivity contribution in [2.24, 2.45) is 0 Å². The molecule has 5 rings (SSSR count). The van der Waals surface area contributed by atoms with Gasteiger partial charge in [0.25, 0.3) is 11.1 Å². The van der Waals surface area contributed by atoms with Gasteiger partial charge in [-0.2, -0.15) is 5.10 Å². The number of aromatic hydroxyl groups is 1. The highest BCUT2D eigenvalue weighted by atomic mass is 32.2. The Bertz CT molecular complexity index is 1920. The maximum absolute atomic E-state index is 13.1. The Hall–Kier alpha value is -5.37. The van der Waals surface area contributed by atoms with Gasteiger partial charge in [-0.05, 0) is 38.5 Å². The number of carbonyl (C=O) groups is 3. The number of benzene rings is 3. The second kappa shape index (κ2) is 14.8. The first-order chi connectivity index (χ1) is 22.6. The summed E-state index contributed by atoms with van der Waals surface area (Å²) in [5.41, 5.74) is 3.07. The zero-order valence-electron chi connectivity index (χ0n) is 26.0. The van der Waals surface area contributed by atoms with Crippen LogP contribution in [0.25, 0.3) is 16.5 Å². The molecule has 0 saturated heterocycles. The van der Waals surface area contributed by atoms with Crippen LogP contribution in [0.15, 0.2) is 64.2 Å². The van der Waals surface area contributed by atoms with Crippen molar-refractivity contribution >= 4 is 40.4 Å². The molecular formula is C33H33N5O8S. The molecule has 2 heterocycles. The summed E-state index contributed by atoms with van der Waals surface area (Å²) >= 11 is 1.24. The number of phenolic OH excluding ortho intramolecular Hbond substituents is 1. The van der Waals surface area contributed by atoms with Gasteiger partial charge in [0.05, 0.1) is 30.0 Å². The molecule has 0 unspecified atom stereocenters. The first-order valence-electron chi connectivity index (χ1n) is 14.8. The molecule has 0 aliphatic carbocycles. The van der Waals surface area contributed by atoms with Crippen LogP contribution >= 0.6 is 11.8 Å². The highest BCUT2D eigenvalue weighted by Crippen LogP contribution is 2.41. The lowest BCUT2D eigenvalue weighted by atomic mass is 10.0. The van der Waals surface area contributed by atoms with Gasteiger partial charge in [-0.3, -0.25) is 14.4 Å². The van der Waals surface area contributed by atoms with E-state index in [0.717, 1.165) is 11.3 Å². The number of aliphatic carboxylic acids is 1. The van der Waals surface area contributed by atoms with E-state index in [1.807, 2.05) is 45.0 Å². The number of amides is 1. The molecule has 5 aromatic rings. The molecule has 2 aromatic heterocycles. The third kappa shape index (κ3) is 7.90. The molecule has 0 atom stereocenters. The van der Waals surface area contributed by atoms with Gasteiger partial charge >= 0.3 is 11.9 Å². The van der Waals surface area contributed by atoms with Crippen molar-refractivity contribution < 1.29 is 38.5 Å². The van der Waals surface area contributed by atoms with Crippen molar-refractivity contribution in [1.82, 2.24) is 25.3 Å². The summed E-state index contributed by atoms with van der Waals surface area (Å²) in [5, 5.41) is 36.5. The van der Waals surface area contributed by atoms with Crippen molar-refractivity contribution in [3.63, 3.8) is 0 Å². The quantitative estimate of drug-likeness (QED) is 0.101. The second-order valence-electron chi connectivity index (χ2n) is 10.6. The van der Waals surface area contributed by atoms with Crippen LogP contribution < -0.4 is 10.1 Å². The van der Waals surface area contributed by atoms with Crippen LogP contribution in [0.5, 0.6) is 17.4 Å². The van der Waals surface area contributed by atoms with Crippen LogP contribution in [0.4, 0.5) is 0 Å². The Morgan fingerprint density at radius 2 is 1.79 bits per heavy atom. The van der Waals surface area contributed by atoms with Crippen molar-refractivity contribution in [3.8, 4) is 23.1 Å². The SMILES string of the molecule is CCCOC(=O)Cc1nnc(SCc2c(C)nn(-c3ccc(C)cc3)c2Oc2cc(C(=O)NCCC(=O)O)c(O)c3ccccc23)o1. The lowest BCUT2D eigenvalue weighted by Crippen LogP contribution is -2.26. The van der Waals surface area contributed by atoms with E-state index in [0.29, 0.717) is 46.7 Å². The monoisotopic (exact) mass is 659 g/mol. The number of aryl methyl sites for hydroxylation is 2. The van der Waals surface area contributed by atoms with Crippen molar-refractivity contribution in [2.75, 3.05) is 13.2 Å². The van der Waals surface area contributed by atoms with Crippen LogP contribution in [0, 0.1) is 13.8 Å². The van der Waals surface area contributed by atoms with E-state index >= 15 is 0 Å². The van der Waals surface area contributed by atoms with E-state index in [-0.39, 0.29) is 47.6 Å². The maximum atomic E-state index is 13.1. The van der Waals surface area contributed by atoms with E-state index in [2.05, 4.69) is 15.5 Å². The van der Waals surface area contributed by atoms with Crippen LogP contribution in [-0.2, 0) is 26.5 Å². The summed E-state index contributed by atoms with van der Waals surface area (Å²) in [6, 6.07) is 16.1. The molecule has 14 heteroatoms. The second-order valence-corrected chi connectivity index (χ2v) is 11.5. The van der Waals surface area contributed by atoms with Crippen molar-refractivity contribution in [1.29, 1.82) is 0 Å². The molecule has 0 bridgehead atoms. The number of hydrogen-bond acceptors (Lipinski definition) is 11.